The fourth-order valence-corrected chi connectivity index (χ4v) is 2.29. The number of rotatable bonds is 2. The van der Waals surface area contributed by atoms with Crippen molar-refractivity contribution in [1.82, 2.24) is 14.9 Å². The van der Waals surface area contributed by atoms with Crippen molar-refractivity contribution in [1.29, 1.82) is 0 Å². The van der Waals surface area contributed by atoms with Crippen molar-refractivity contribution < 1.29 is 4.79 Å². The van der Waals surface area contributed by atoms with Crippen LogP contribution in [0.2, 0.25) is 5.02 Å². The summed E-state index contributed by atoms with van der Waals surface area (Å²) < 4.78 is 1.26. The highest BCUT2D eigenvalue weighted by Gasteiger charge is 2.21. The van der Waals surface area contributed by atoms with Crippen molar-refractivity contribution in [2.24, 2.45) is 0 Å². The number of nitrogens with two attached hydrogens (primary N) is 1. The molecule has 0 radical (unpaired) electrons. The van der Waals surface area contributed by atoms with E-state index in [1.54, 1.807) is 12.3 Å². The van der Waals surface area contributed by atoms with Crippen molar-refractivity contribution in [2.45, 2.75) is 18.9 Å². The lowest BCUT2D eigenvalue weighted by Gasteiger charge is -2.29. The first kappa shape index (κ1) is 12.3. The summed E-state index contributed by atoms with van der Waals surface area (Å²) in [5.74, 6) is 5.44. The Morgan fingerprint density at radius 2 is 2.18 bits per heavy atom. The second kappa shape index (κ2) is 4.98. The second-order valence-corrected chi connectivity index (χ2v) is 4.88. The van der Waals surface area contributed by atoms with E-state index in [1.807, 2.05) is 0 Å². The van der Waals surface area contributed by atoms with Gasteiger partial charge in [0.2, 0.25) is 0 Å². The molecule has 1 aromatic rings. The number of amides is 1. The Morgan fingerprint density at radius 3 is 2.71 bits per heavy atom. The van der Waals surface area contributed by atoms with Gasteiger partial charge in [-0.2, -0.15) is 0 Å². The molecule has 1 fully saturated rings. The maximum absolute atomic E-state index is 12.0. The van der Waals surface area contributed by atoms with Crippen LogP contribution in [0.15, 0.2) is 12.3 Å². The fourth-order valence-electron chi connectivity index (χ4n) is 2.05. The Kier molecular flexibility index (Phi) is 3.59. The number of aromatic nitrogens is 1. The van der Waals surface area contributed by atoms with Gasteiger partial charge in [0.25, 0.3) is 5.91 Å². The molecule has 6 heteroatoms. The molecule has 0 unspecified atom stereocenters. The van der Waals surface area contributed by atoms with Gasteiger partial charge in [0, 0.05) is 12.2 Å². The van der Waals surface area contributed by atoms with Crippen LogP contribution in [0.25, 0.3) is 0 Å². The molecule has 1 aliphatic rings. The standard InChI is InChI=1S/C11H17ClN4O/c1-15-5-2-8(3-6-15)14-11(17)10-9(12)4-7-16(10)13/h4,7-8H,2-3,5-6,13H2,1H3,(H,14,17). The van der Waals surface area contributed by atoms with Gasteiger partial charge in [0.15, 0.2) is 0 Å². The molecule has 1 aliphatic heterocycles. The molecule has 1 aromatic heterocycles. The van der Waals surface area contributed by atoms with Crippen LogP contribution >= 0.6 is 11.6 Å². The number of nitrogens with one attached hydrogen (secondary N) is 1. The van der Waals surface area contributed by atoms with Crippen LogP contribution in [0.4, 0.5) is 0 Å². The molecule has 0 aliphatic carbocycles. The van der Waals surface area contributed by atoms with Crippen molar-refractivity contribution in [3.8, 4) is 0 Å². The predicted octanol–water partition coefficient (Wildman–Crippen LogP) is 0.679. The summed E-state index contributed by atoms with van der Waals surface area (Å²) in [4.78, 5) is 14.2. The Morgan fingerprint density at radius 1 is 1.53 bits per heavy atom. The van der Waals surface area contributed by atoms with E-state index in [2.05, 4.69) is 17.3 Å². The van der Waals surface area contributed by atoms with Gasteiger partial charge < -0.3 is 16.1 Å². The molecule has 1 saturated heterocycles. The lowest BCUT2D eigenvalue weighted by atomic mass is 10.1. The van der Waals surface area contributed by atoms with Gasteiger partial charge in [0.05, 0.1) is 5.02 Å². The number of nitrogen functional groups attached to an aromatic ring is 1. The van der Waals surface area contributed by atoms with Gasteiger partial charge >= 0.3 is 0 Å². The SMILES string of the molecule is CN1CCC(NC(=O)c2c(Cl)ccn2N)CC1. The van der Waals surface area contributed by atoms with Gasteiger partial charge in [-0.05, 0) is 39.0 Å². The van der Waals surface area contributed by atoms with Crippen LogP contribution in [0.5, 0.6) is 0 Å². The summed E-state index contributed by atoms with van der Waals surface area (Å²) in [5.41, 5.74) is 0.325. The van der Waals surface area contributed by atoms with Crippen LogP contribution in [0.1, 0.15) is 23.3 Å². The van der Waals surface area contributed by atoms with Gasteiger partial charge in [0.1, 0.15) is 5.69 Å². The van der Waals surface area contributed by atoms with E-state index in [-0.39, 0.29) is 11.9 Å². The van der Waals surface area contributed by atoms with E-state index in [9.17, 15) is 4.79 Å². The third-order valence-corrected chi connectivity index (χ3v) is 3.44. The molecule has 2 rings (SSSR count). The highest BCUT2D eigenvalue weighted by molar-refractivity contribution is 6.33. The minimum atomic E-state index is -0.197. The first-order chi connectivity index (χ1) is 8.08. The zero-order chi connectivity index (χ0) is 12.4. The van der Waals surface area contributed by atoms with Crippen LogP contribution in [0, 0.1) is 0 Å². The highest BCUT2D eigenvalue weighted by Crippen LogP contribution is 2.16. The van der Waals surface area contributed by atoms with Crippen molar-refractivity contribution in [3.63, 3.8) is 0 Å². The van der Waals surface area contributed by atoms with E-state index in [4.69, 9.17) is 17.4 Å². The van der Waals surface area contributed by atoms with Gasteiger partial charge in [-0.3, -0.25) is 9.47 Å². The van der Waals surface area contributed by atoms with Gasteiger partial charge in [-0.15, -0.1) is 0 Å². The molecule has 1 amide bonds. The number of carbonyl (C=O) groups excluding carboxylic acids is 1. The number of hydrogen-bond acceptors (Lipinski definition) is 3. The maximum atomic E-state index is 12.0. The third kappa shape index (κ3) is 2.73. The molecular weight excluding hydrogens is 240 g/mol. The minimum Gasteiger partial charge on any atom is -0.348 e. The zero-order valence-electron chi connectivity index (χ0n) is 9.82. The Hall–Kier alpha value is -1.20. The van der Waals surface area contributed by atoms with E-state index in [0.717, 1.165) is 25.9 Å². The van der Waals surface area contributed by atoms with E-state index >= 15 is 0 Å². The third-order valence-electron chi connectivity index (χ3n) is 3.13. The number of piperidine rings is 1. The smallest absolute Gasteiger partial charge is 0.271 e. The number of carbonyl (C=O) groups is 1. The topological polar surface area (TPSA) is 63.3 Å². The first-order valence-electron chi connectivity index (χ1n) is 5.69. The average Bonchev–Trinajstić information content (AvgIpc) is 2.62. The molecule has 0 atom stereocenters. The minimum absolute atomic E-state index is 0.197. The largest absolute Gasteiger partial charge is 0.348 e. The molecular formula is C11H17ClN4O. The molecule has 3 N–H and O–H groups in total. The summed E-state index contributed by atoms with van der Waals surface area (Å²) in [7, 11) is 2.08. The summed E-state index contributed by atoms with van der Waals surface area (Å²) >= 11 is 5.91. The second-order valence-electron chi connectivity index (χ2n) is 4.47. The summed E-state index contributed by atoms with van der Waals surface area (Å²) in [6.07, 6.45) is 3.50. The van der Waals surface area contributed by atoms with Crippen LogP contribution in [0.3, 0.4) is 0 Å². The van der Waals surface area contributed by atoms with Crippen molar-refractivity contribution in [3.05, 3.63) is 23.0 Å². The van der Waals surface area contributed by atoms with E-state index < -0.39 is 0 Å². The van der Waals surface area contributed by atoms with Crippen LogP contribution in [-0.4, -0.2) is 41.7 Å². The molecule has 2 heterocycles. The fraction of sp³-hybridized carbons (Fsp3) is 0.545. The summed E-state index contributed by atoms with van der Waals surface area (Å²) in [6.45, 7) is 2.00. The molecule has 0 aromatic carbocycles. The summed E-state index contributed by atoms with van der Waals surface area (Å²) in [5, 5.41) is 3.36. The molecule has 0 spiro atoms. The lowest BCUT2D eigenvalue weighted by Crippen LogP contribution is -2.44. The molecule has 94 valence electrons. The molecule has 0 saturated carbocycles. The number of likely N-dealkylation sites (tertiary alicyclic amines) is 1. The summed E-state index contributed by atoms with van der Waals surface area (Å²) in [6, 6.07) is 1.83. The molecule has 5 nitrogen and oxygen atoms in total. The monoisotopic (exact) mass is 256 g/mol. The Labute approximate surface area is 105 Å². The van der Waals surface area contributed by atoms with Crippen LogP contribution < -0.4 is 11.2 Å². The van der Waals surface area contributed by atoms with Crippen molar-refractivity contribution in [2.75, 3.05) is 26.0 Å². The number of halogens is 1. The zero-order valence-corrected chi connectivity index (χ0v) is 10.6. The van der Waals surface area contributed by atoms with Gasteiger partial charge in [-0.25, -0.2) is 0 Å². The normalized spacial score (nSPS) is 18.2. The molecule has 0 bridgehead atoms. The van der Waals surface area contributed by atoms with Crippen LogP contribution in [-0.2, 0) is 0 Å². The van der Waals surface area contributed by atoms with E-state index in [0.29, 0.717) is 10.7 Å². The first-order valence-corrected chi connectivity index (χ1v) is 6.07. The average molecular weight is 257 g/mol. The van der Waals surface area contributed by atoms with Crippen molar-refractivity contribution >= 4 is 17.5 Å². The molecule has 17 heavy (non-hydrogen) atoms. The quantitative estimate of drug-likeness (QED) is 0.765. The maximum Gasteiger partial charge on any atom is 0.271 e. The predicted molar refractivity (Wildman–Crippen MR) is 67.6 cm³/mol. The number of nitrogens with zero attached hydrogens (tertiary/aromatic N) is 2. The Balaban J connectivity index is 1.98. The highest BCUT2D eigenvalue weighted by atomic mass is 35.5. The lowest BCUT2D eigenvalue weighted by molar-refractivity contribution is 0.0909. The van der Waals surface area contributed by atoms with Gasteiger partial charge in [-0.1, -0.05) is 11.6 Å². The number of hydrogen-bond donors (Lipinski definition) is 2. The Bertz CT molecular complexity index is 390. The van der Waals surface area contributed by atoms with E-state index in [1.165, 1.54) is 4.68 Å².